The zero-order valence-electron chi connectivity index (χ0n) is 17.6. The largest absolute Gasteiger partial charge is 0.426 e. The second-order valence-corrected chi connectivity index (χ2v) is 7.09. The Hall–Kier alpha value is -2.48. The predicted octanol–water partition coefficient (Wildman–Crippen LogP) is 7.17. The van der Waals surface area contributed by atoms with Crippen LogP contribution in [0.3, 0.4) is 0 Å². The summed E-state index contributed by atoms with van der Waals surface area (Å²) in [5.74, 6) is 0. The van der Waals surface area contributed by atoms with Gasteiger partial charge >= 0.3 is 24.7 Å². The maximum Gasteiger partial charge on any atom is 0.426 e. The molecule has 2 nitrogen and oxygen atoms in total. The van der Waals surface area contributed by atoms with Gasteiger partial charge in [0.2, 0.25) is 0 Å². The van der Waals surface area contributed by atoms with Gasteiger partial charge in [-0.2, -0.15) is 52.7 Å². The van der Waals surface area contributed by atoms with E-state index in [0.29, 0.717) is 0 Å². The van der Waals surface area contributed by atoms with E-state index >= 15 is 0 Å². The summed E-state index contributed by atoms with van der Waals surface area (Å²) in [5.41, 5.74) is -17.5. The molecule has 1 rings (SSSR count). The lowest BCUT2D eigenvalue weighted by Crippen LogP contribution is -2.80. The van der Waals surface area contributed by atoms with Gasteiger partial charge in [0.15, 0.2) is 0 Å². The highest BCUT2D eigenvalue weighted by Crippen LogP contribution is 2.67. The summed E-state index contributed by atoms with van der Waals surface area (Å²) in [5, 5.41) is 18.8. The Balaban J connectivity index is 0.00000121. The first-order valence-electron chi connectivity index (χ1n) is 9.16. The summed E-state index contributed by atoms with van der Waals surface area (Å²) in [6, 6.07) is 10.0. The van der Waals surface area contributed by atoms with E-state index in [-0.39, 0.29) is 12.2 Å². The highest BCUT2D eigenvalue weighted by Gasteiger charge is 2.91. The summed E-state index contributed by atoms with van der Waals surface area (Å²) in [6.45, 7) is 8.75. The van der Waals surface area contributed by atoms with Crippen LogP contribution in [-0.2, 0) is 0 Å². The van der Waals surface area contributed by atoms with Crippen LogP contribution in [0.25, 0.3) is 6.08 Å². The van der Waals surface area contributed by atoms with Gasteiger partial charge in [0.05, 0.1) is 5.41 Å². The van der Waals surface area contributed by atoms with Gasteiger partial charge in [-0.05, 0) is 18.4 Å². The standard InChI is InChI=1S/C13H12F12O2.C8H8/c1-3-5-7(6-4-2,8(26,10(14,15)16)11(17,18)19)9(27,12(20,21)22)13(23,24)25;1-2-8-6-4-3-5-7-8/h3-4,26-27H,1-2,5-6H2;2-7H,1H2. The van der Waals surface area contributed by atoms with Crippen LogP contribution >= 0.6 is 0 Å². The van der Waals surface area contributed by atoms with E-state index in [0.717, 1.165) is 0 Å². The number of hydrogen-bond acceptors (Lipinski definition) is 2. The molecule has 0 saturated heterocycles. The molecule has 35 heavy (non-hydrogen) atoms. The zero-order valence-corrected chi connectivity index (χ0v) is 17.6. The Morgan fingerprint density at radius 3 is 1.03 bits per heavy atom. The van der Waals surface area contributed by atoms with Crippen LogP contribution in [0.4, 0.5) is 52.7 Å². The average molecular weight is 532 g/mol. The molecule has 0 radical (unpaired) electrons. The van der Waals surface area contributed by atoms with E-state index in [9.17, 15) is 62.9 Å². The topological polar surface area (TPSA) is 40.5 Å². The summed E-state index contributed by atoms with van der Waals surface area (Å²) in [4.78, 5) is 0. The van der Waals surface area contributed by atoms with Crippen molar-refractivity contribution < 1.29 is 62.9 Å². The van der Waals surface area contributed by atoms with Crippen LogP contribution in [0.15, 0.2) is 62.2 Å². The highest BCUT2D eigenvalue weighted by molar-refractivity contribution is 5.45. The first-order valence-corrected chi connectivity index (χ1v) is 9.16. The fourth-order valence-corrected chi connectivity index (χ4v) is 3.42. The van der Waals surface area contributed by atoms with Crippen molar-refractivity contribution in [3.8, 4) is 0 Å². The third kappa shape index (κ3) is 5.68. The molecule has 14 heteroatoms. The number of benzene rings is 1. The van der Waals surface area contributed by atoms with Crippen LogP contribution in [0.2, 0.25) is 0 Å². The van der Waals surface area contributed by atoms with Crippen molar-refractivity contribution in [2.75, 3.05) is 0 Å². The lowest BCUT2D eigenvalue weighted by Gasteiger charge is -2.55. The number of aliphatic hydroxyl groups is 2. The van der Waals surface area contributed by atoms with Gasteiger partial charge in [0, 0.05) is 0 Å². The van der Waals surface area contributed by atoms with Gasteiger partial charge in [-0.3, -0.25) is 0 Å². The molecule has 0 saturated carbocycles. The first kappa shape index (κ1) is 32.5. The van der Waals surface area contributed by atoms with Crippen LogP contribution in [-0.4, -0.2) is 46.1 Å². The summed E-state index contributed by atoms with van der Waals surface area (Å²) in [7, 11) is 0. The Bertz CT molecular complexity index is 770. The number of rotatable bonds is 7. The summed E-state index contributed by atoms with van der Waals surface area (Å²) < 4.78 is 158. The van der Waals surface area contributed by atoms with Crippen molar-refractivity contribution in [2.45, 2.75) is 48.7 Å². The van der Waals surface area contributed by atoms with Crippen molar-refractivity contribution in [3.63, 3.8) is 0 Å². The molecule has 0 spiro atoms. The van der Waals surface area contributed by atoms with Crippen molar-refractivity contribution in [2.24, 2.45) is 5.41 Å². The van der Waals surface area contributed by atoms with Crippen LogP contribution < -0.4 is 0 Å². The SMILES string of the molecule is C=CCC(CC=C)(C(O)(C(F)(F)F)C(F)(F)F)C(O)(C(F)(F)F)C(F)(F)F.C=Cc1ccccc1. The van der Waals surface area contributed by atoms with E-state index in [2.05, 4.69) is 19.7 Å². The quantitative estimate of drug-likeness (QED) is 0.289. The summed E-state index contributed by atoms with van der Waals surface area (Å²) in [6.07, 6.45) is -31.7. The van der Waals surface area contributed by atoms with Gasteiger partial charge in [-0.25, -0.2) is 0 Å². The minimum absolute atomic E-state index is 0.144. The van der Waals surface area contributed by atoms with Crippen molar-refractivity contribution in [1.29, 1.82) is 0 Å². The maximum atomic E-state index is 13.2. The van der Waals surface area contributed by atoms with Gasteiger partial charge in [-0.1, -0.05) is 55.1 Å². The van der Waals surface area contributed by atoms with Crippen LogP contribution in [0.5, 0.6) is 0 Å². The molecular formula is C21H20F12O2. The van der Waals surface area contributed by atoms with E-state index in [1.807, 2.05) is 36.4 Å². The van der Waals surface area contributed by atoms with Crippen molar-refractivity contribution in [1.82, 2.24) is 0 Å². The molecule has 0 aliphatic rings. The number of alkyl halides is 12. The fourth-order valence-electron chi connectivity index (χ4n) is 3.42. The normalized spacial score (nSPS) is 14.0. The Labute approximate surface area is 191 Å². The van der Waals surface area contributed by atoms with E-state index < -0.39 is 54.2 Å². The van der Waals surface area contributed by atoms with Crippen LogP contribution in [0, 0.1) is 5.41 Å². The average Bonchev–Trinajstić information content (AvgIpc) is 2.70. The molecule has 0 heterocycles. The molecule has 0 amide bonds. The molecule has 0 aliphatic carbocycles. The van der Waals surface area contributed by atoms with Gasteiger partial charge in [0.25, 0.3) is 11.2 Å². The Morgan fingerprint density at radius 1 is 0.571 bits per heavy atom. The van der Waals surface area contributed by atoms with E-state index in [1.54, 1.807) is 0 Å². The highest BCUT2D eigenvalue weighted by atomic mass is 19.4. The number of allylic oxidation sites excluding steroid dienone is 2. The Morgan fingerprint density at radius 2 is 0.857 bits per heavy atom. The molecule has 0 bridgehead atoms. The fraction of sp³-hybridized carbons (Fsp3) is 0.429. The molecule has 0 atom stereocenters. The third-order valence-electron chi connectivity index (χ3n) is 5.05. The molecule has 0 aliphatic heterocycles. The minimum atomic E-state index is -7.11. The van der Waals surface area contributed by atoms with Crippen molar-refractivity contribution >= 4 is 6.08 Å². The third-order valence-corrected chi connectivity index (χ3v) is 5.05. The maximum absolute atomic E-state index is 13.2. The molecule has 0 unspecified atom stereocenters. The molecular weight excluding hydrogens is 512 g/mol. The zero-order chi connectivity index (χ0) is 28.1. The first-order chi connectivity index (χ1) is 15.6. The van der Waals surface area contributed by atoms with Gasteiger partial charge in [-0.15, -0.1) is 13.2 Å². The smallest absolute Gasteiger partial charge is 0.373 e. The minimum Gasteiger partial charge on any atom is -0.373 e. The lowest BCUT2D eigenvalue weighted by molar-refractivity contribution is -0.475. The molecule has 1 aromatic rings. The lowest BCUT2D eigenvalue weighted by atomic mass is 9.56. The Kier molecular flexibility index (Phi) is 9.89. The molecule has 2 N–H and O–H groups in total. The molecule has 200 valence electrons. The van der Waals surface area contributed by atoms with E-state index in [4.69, 9.17) is 0 Å². The monoisotopic (exact) mass is 532 g/mol. The van der Waals surface area contributed by atoms with Gasteiger partial charge in [0.1, 0.15) is 0 Å². The second kappa shape index (κ2) is 10.6. The van der Waals surface area contributed by atoms with Crippen LogP contribution in [0.1, 0.15) is 18.4 Å². The molecule has 0 fully saturated rings. The summed E-state index contributed by atoms with van der Waals surface area (Å²) >= 11 is 0. The number of halogens is 12. The molecule has 1 aromatic carbocycles. The van der Waals surface area contributed by atoms with Crippen molar-refractivity contribution in [3.05, 3.63) is 67.8 Å². The van der Waals surface area contributed by atoms with E-state index in [1.165, 1.54) is 5.56 Å². The predicted molar refractivity (Wildman–Crippen MR) is 103 cm³/mol. The second-order valence-electron chi connectivity index (χ2n) is 7.09. The number of hydrogen-bond donors (Lipinski definition) is 2. The molecule has 0 aromatic heterocycles. The van der Waals surface area contributed by atoms with Gasteiger partial charge < -0.3 is 10.2 Å².